The highest BCUT2D eigenvalue weighted by atomic mass is 32.1. The Kier molecular flexibility index (Phi) is 8.97. The van der Waals surface area contributed by atoms with Gasteiger partial charge in [0.2, 0.25) is 0 Å². The van der Waals surface area contributed by atoms with Gasteiger partial charge < -0.3 is 15.1 Å². The number of carboxylic acids is 1. The van der Waals surface area contributed by atoms with Crippen LogP contribution in [0, 0.1) is 5.92 Å². The molecule has 1 aliphatic rings. The molecule has 1 saturated heterocycles. The molecule has 1 amide bonds. The van der Waals surface area contributed by atoms with Crippen molar-refractivity contribution in [2.75, 3.05) is 6.54 Å². The molecule has 1 unspecified atom stereocenters. The van der Waals surface area contributed by atoms with Gasteiger partial charge in [0.1, 0.15) is 4.88 Å². The van der Waals surface area contributed by atoms with Crippen LogP contribution < -0.4 is 0 Å². The number of amides is 1. The minimum atomic E-state index is -3.42. The molecule has 2 heterocycles. The molecule has 3 rings (SSSR count). The van der Waals surface area contributed by atoms with E-state index in [4.69, 9.17) is 5.11 Å². The molecule has 5 nitrogen and oxygen atoms in total. The Morgan fingerprint density at radius 2 is 1.94 bits per heavy atom. The second-order valence-corrected chi connectivity index (χ2v) is 10.0. The first-order chi connectivity index (χ1) is 16.2. The van der Waals surface area contributed by atoms with E-state index in [0.717, 1.165) is 35.5 Å². The number of carboxylic acid groups (broad SMARTS) is 1. The van der Waals surface area contributed by atoms with Crippen molar-refractivity contribution in [2.24, 2.45) is 5.92 Å². The number of benzene rings is 1. The number of carbonyl (C=O) groups is 2. The Morgan fingerprint density at radius 1 is 1.21 bits per heavy atom. The van der Waals surface area contributed by atoms with Gasteiger partial charge in [0.05, 0.1) is 12.1 Å². The van der Waals surface area contributed by atoms with Crippen LogP contribution in [0.25, 0.3) is 0 Å². The Balaban J connectivity index is 1.51. The van der Waals surface area contributed by atoms with Crippen LogP contribution in [0.15, 0.2) is 54.6 Å². The van der Waals surface area contributed by atoms with E-state index >= 15 is 0 Å². The number of aromatic carboxylic acids is 1. The number of likely N-dealkylation sites (tertiary alicyclic amines) is 1. The summed E-state index contributed by atoms with van der Waals surface area (Å²) in [5, 5.41) is 19.5. The zero-order valence-electron chi connectivity index (χ0n) is 19.2. The summed E-state index contributed by atoms with van der Waals surface area (Å²) >= 11 is 1.15. The average molecular weight is 492 g/mol. The first-order valence-electron chi connectivity index (χ1n) is 11.6. The predicted octanol–water partition coefficient (Wildman–Crippen LogP) is 5.19. The maximum Gasteiger partial charge on any atom is 0.345 e. The first-order valence-corrected chi connectivity index (χ1v) is 12.4. The summed E-state index contributed by atoms with van der Waals surface area (Å²) in [5.41, 5.74) is 1.24. The standard InChI is InChI=1S/C26H31F2NO4S/c1-18(7-5-10-19-8-3-2-4-9-19)22(30)14-12-20-17-26(27,28)25(33)29(20)16-6-11-21-13-15-23(34-21)24(31)32/h2-4,8-9,12-15,18,20,22,30H,5-7,10-11,16-17H2,1H3,(H,31,32)/b14-12+/t18-,20?,22+/m0/s1. The van der Waals surface area contributed by atoms with Crippen LogP contribution in [-0.2, 0) is 17.6 Å². The lowest BCUT2D eigenvalue weighted by Gasteiger charge is -2.22. The van der Waals surface area contributed by atoms with Crippen molar-refractivity contribution in [1.82, 2.24) is 4.90 Å². The molecule has 3 atom stereocenters. The van der Waals surface area contributed by atoms with Crippen molar-refractivity contribution >= 4 is 23.2 Å². The van der Waals surface area contributed by atoms with Gasteiger partial charge >= 0.3 is 11.9 Å². The molecule has 2 N–H and O–H groups in total. The largest absolute Gasteiger partial charge is 0.477 e. The lowest BCUT2D eigenvalue weighted by atomic mass is 9.95. The van der Waals surface area contributed by atoms with Gasteiger partial charge in [-0.3, -0.25) is 4.79 Å². The van der Waals surface area contributed by atoms with E-state index in [1.807, 2.05) is 25.1 Å². The number of hydrogen-bond acceptors (Lipinski definition) is 4. The van der Waals surface area contributed by atoms with Gasteiger partial charge in [-0.2, -0.15) is 8.78 Å². The number of aliphatic hydroxyl groups excluding tert-OH is 1. The van der Waals surface area contributed by atoms with Crippen LogP contribution in [0.4, 0.5) is 8.78 Å². The van der Waals surface area contributed by atoms with Gasteiger partial charge in [-0.25, -0.2) is 4.79 Å². The van der Waals surface area contributed by atoms with Gasteiger partial charge in [-0.1, -0.05) is 49.4 Å². The van der Waals surface area contributed by atoms with Crippen molar-refractivity contribution < 1.29 is 28.6 Å². The Morgan fingerprint density at radius 3 is 2.62 bits per heavy atom. The number of halogens is 2. The summed E-state index contributed by atoms with van der Waals surface area (Å²) in [6.45, 7) is 2.07. The number of nitrogens with zero attached hydrogens (tertiary/aromatic N) is 1. The second kappa shape index (κ2) is 11.7. The molecule has 0 bridgehead atoms. The van der Waals surface area contributed by atoms with Crippen LogP contribution in [0.2, 0.25) is 0 Å². The smallest absolute Gasteiger partial charge is 0.345 e. The minimum Gasteiger partial charge on any atom is -0.477 e. The third-order valence-corrected chi connectivity index (χ3v) is 7.35. The number of alkyl halides is 2. The molecule has 0 radical (unpaired) electrons. The van der Waals surface area contributed by atoms with Gasteiger partial charge in [-0.05, 0) is 55.7 Å². The normalized spacial score (nSPS) is 19.6. The summed E-state index contributed by atoms with van der Waals surface area (Å²) in [6, 6.07) is 12.5. The van der Waals surface area contributed by atoms with Gasteiger partial charge in [-0.15, -0.1) is 11.3 Å². The number of hydrogen-bond donors (Lipinski definition) is 2. The zero-order chi connectivity index (χ0) is 24.7. The summed E-state index contributed by atoms with van der Waals surface area (Å²) in [5.74, 6) is -5.64. The van der Waals surface area contributed by atoms with E-state index < -0.39 is 36.4 Å². The van der Waals surface area contributed by atoms with Crippen molar-refractivity contribution in [3.63, 3.8) is 0 Å². The first kappa shape index (κ1) is 26.0. The third kappa shape index (κ3) is 6.96. The molecule has 0 aliphatic carbocycles. The van der Waals surface area contributed by atoms with E-state index in [0.29, 0.717) is 12.8 Å². The Hall–Kier alpha value is -2.58. The average Bonchev–Trinajstić information content (AvgIpc) is 3.36. The lowest BCUT2D eigenvalue weighted by molar-refractivity contribution is -0.148. The van der Waals surface area contributed by atoms with E-state index in [9.17, 15) is 23.5 Å². The van der Waals surface area contributed by atoms with Gasteiger partial charge in [0, 0.05) is 17.8 Å². The number of thiophene rings is 1. The van der Waals surface area contributed by atoms with Crippen molar-refractivity contribution in [3.8, 4) is 0 Å². The van der Waals surface area contributed by atoms with Crippen molar-refractivity contribution in [1.29, 1.82) is 0 Å². The fourth-order valence-electron chi connectivity index (χ4n) is 4.19. The minimum absolute atomic E-state index is 0.0340. The molecule has 1 aromatic heterocycles. The van der Waals surface area contributed by atoms with Crippen LogP contribution in [-0.4, -0.2) is 51.6 Å². The molecule has 1 aromatic carbocycles. The number of rotatable bonds is 12. The van der Waals surface area contributed by atoms with Gasteiger partial charge in [0.25, 0.3) is 5.91 Å². The van der Waals surface area contributed by atoms with E-state index in [-0.39, 0.29) is 17.3 Å². The maximum absolute atomic E-state index is 14.1. The molecule has 1 fully saturated rings. The summed E-state index contributed by atoms with van der Waals surface area (Å²) in [7, 11) is 0. The fraction of sp³-hybridized carbons (Fsp3) is 0.462. The highest BCUT2D eigenvalue weighted by Gasteiger charge is 2.52. The van der Waals surface area contributed by atoms with E-state index in [2.05, 4.69) is 12.1 Å². The number of aliphatic hydroxyl groups is 1. The molecule has 0 saturated carbocycles. The molecule has 2 aromatic rings. The van der Waals surface area contributed by atoms with E-state index in [1.165, 1.54) is 28.7 Å². The monoisotopic (exact) mass is 491 g/mol. The van der Waals surface area contributed by atoms with Crippen LogP contribution in [0.5, 0.6) is 0 Å². The highest BCUT2D eigenvalue weighted by Crippen LogP contribution is 2.34. The maximum atomic E-state index is 14.1. The third-order valence-electron chi connectivity index (χ3n) is 6.22. The van der Waals surface area contributed by atoms with Crippen molar-refractivity contribution in [2.45, 2.75) is 63.5 Å². The Labute approximate surface area is 202 Å². The van der Waals surface area contributed by atoms with Gasteiger partial charge in [0.15, 0.2) is 0 Å². The topological polar surface area (TPSA) is 77.8 Å². The molecule has 1 aliphatic heterocycles. The lowest BCUT2D eigenvalue weighted by Crippen LogP contribution is -2.36. The Bertz CT molecular complexity index is 992. The molecular formula is C26H31F2NO4S. The van der Waals surface area contributed by atoms with Crippen molar-refractivity contribution in [3.05, 3.63) is 69.9 Å². The number of carbonyl (C=O) groups excluding carboxylic acids is 1. The molecule has 0 spiro atoms. The zero-order valence-corrected chi connectivity index (χ0v) is 20.0. The summed E-state index contributed by atoms with van der Waals surface area (Å²) < 4.78 is 28.3. The van der Waals surface area contributed by atoms with Crippen LogP contribution in [0.3, 0.4) is 0 Å². The van der Waals surface area contributed by atoms with Crippen LogP contribution in [0.1, 0.15) is 52.7 Å². The fourth-order valence-corrected chi connectivity index (χ4v) is 5.07. The molecule has 8 heteroatoms. The highest BCUT2D eigenvalue weighted by molar-refractivity contribution is 7.13. The number of aryl methyl sites for hydroxylation is 2. The quantitative estimate of drug-likeness (QED) is 0.401. The summed E-state index contributed by atoms with van der Waals surface area (Å²) in [4.78, 5) is 25.5. The molecular weight excluding hydrogens is 460 g/mol. The predicted molar refractivity (Wildman–Crippen MR) is 128 cm³/mol. The molecule has 34 heavy (non-hydrogen) atoms. The molecule has 184 valence electrons. The van der Waals surface area contributed by atoms with E-state index in [1.54, 1.807) is 6.07 Å². The van der Waals surface area contributed by atoms with Crippen LogP contribution >= 0.6 is 11.3 Å². The summed E-state index contributed by atoms with van der Waals surface area (Å²) in [6.07, 6.45) is 5.27. The SMILES string of the molecule is C[C@@H](CCCc1ccccc1)[C@H](O)/C=C/C1CC(F)(F)C(=O)N1CCCc1ccc(C(=O)O)s1. The second-order valence-electron chi connectivity index (χ2n) is 8.88.